The first-order valence-electron chi connectivity index (χ1n) is 5.13. The lowest BCUT2D eigenvalue weighted by Crippen LogP contribution is -2.07. The Morgan fingerprint density at radius 3 is 2.62 bits per heavy atom. The van der Waals surface area contributed by atoms with Crippen LogP contribution in [0.1, 0.15) is 12.0 Å². The number of carbonyl (C=O) groups excluding carboxylic acids is 1. The fourth-order valence-electron chi connectivity index (χ4n) is 1.38. The van der Waals surface area contributed by atoms with Crippen LogP contribution >= 0.6 is 11.3 Å². The van der Waals surface area contributed by atoms with Crippen molar-refractivity contribution in [2.45, 2.75) is 12.8 Å². The van der Waals surface area contributed by atoms with Gasteiger partial charge in [0.25, 0.3) is 0 Å². The zero-order valence-electron chi connectivity index (χ0n) is 8.76. The van der Waals surface area contributed by atoms with Crippen molar-refractivity contribution in [3.05, 3.63) is 53.4 Å². The number of hydrogen-bond donors (Lipinski definition) is 0. The SMILES string of the molecule is O=C(CCc1ccccc1)Oc1cccs1. The van der Waals surface area contributed by atoms with Gasteiger partial charge in [-0.15, -0.1) is 11.3 Å². The van der Waals surface area contributed by atoms with Gasteiger partial charge >= 0.3 is 5.97 Å². The first-order valence-corrected chi connectivity index (χ1v) is 6.00. The quantitative estimate of drug-likeness (QED) is 0.756. The minimum Gasteiger partial charge on any atom is -0.415 e. The lowest BCUT2D eigenvalue weighted by molar-refractivity contribution is -0.134. The third kappa shape index (κ3) is 3.21. The summed E-state index contributed by atoms with van der Waals surface area (Å²) >= 11 is 1.43. The molecule has 0 atom stereocenters. The zero-order valence-corrected chi connectivity index (χ0v) is 9.57. The molecule has 0 N–H and O–H groups in total. The van der Waals surface area contributed by atoms with Crippen LogP contribution in [0.15, 0.2) is 47.8 Å². The van der Waals surface area contributed by atoms with E-state index >= 15 is 0 Å². The molecule has 0 amide bonds. The lowest BCUT2D eigenvalue weighted by Gasteiger charge is -2.01. The summed E-state index contributed by atoms with van der Waals surface area (Å²) in [7, 11) is 0. The van der Waals surface area contributed by atoms with Crippen LogP contribution in [0.3, 0.4) is 0 Å². The fraction of sp³-hybridized carbons (Fsp3) is 0.154. The third-order valence-corrected chi connectivity index (χ3v) is 2.92. The Labute approximate surface area is 98.5 Å². The van der Waals surface area contributed by atoms with Crippen LogP contribution < -0.4 is 4.74 Å². The highest BCUT2D eigenvalue weighted by Crippen LogP contribution is 2.18. The summed E-state index contributed by atoms with van der Waals surface area (Å²) in [5, 5.41) is 2.55. The van der Waals surface area contributed by atoms with Crippen LogP contribution in [0.4, 0.5) is 0 Å². The summed E-state index contributed by atoms with van der Waals surface area (Å²) in [6.45, 7) is 0. The van der Waals surface area contributed by atoms with E-state index in [2.05, 4.69) is 0 Å². The van der Waals surface area contributed by atoms with Crippen LogP contribution in [0.5, 0.6) is 5.06 Å². The molecular weight excluding hydrogens is 220 g/mol. The number of benzene rings is 1. The number of aryl methyl sites for hydroxylation is 1. The Morgan fingerprint density at radius 2 is 1.94 bits per heavy atom. The van der Waals surface area contributed by atoms with Gasteiger partial charge in [-0.2, -0.15) is 0 Å². The molecule has 2 rings (SSSR count). The normalized spacial score (nSPS) is 10.0. The monoisotopic (exact) mass is 232 g/mol. The van der Waals surface area contributed by atoms with E-state index in [0.717, 1.165) is 12.0 Å². The van der Waals surface area contributed by atoms with E-state index < -0.39 is 0 Å². The molecule has 0 bridgehead atoms. The molecule has 0 aliphatic carbocycles. The van der Waals surface area contributed by atoms with Crippen LogP contribution in [0.25, 0.3) is 0 Å². The Hall–Kier alpha value is -1.61. The maximum atomic E-state index is 11.5. The van der Waals surface area contributed by atoms with Gasteiger partial charge in [-0.05, 0) is 29.5 Å². The molecular formula is C13H12O2S. The largest absolute Gasteiger partial charge is 0.415 e. The highest BCUT2D eigenvalue weighted by molar-refractivity contribution is 7.11. The Balaban J connectivity index is 1.80. The minimum absolute atomic E-state index is 0.175. The van der Waals surface area contributed by atoms with Crippen molar-refractivity contribution < 1.29 is 9.53 Å². The topological polar surface area (TPSA) is 26.3 Å². The fourth-order valence-corrected chi connectivity index (χ4v) is 1.97. The molecule has 2 aromatic rings. The van der Waals surface area contributed by atoms with Crippen molar-refractivity contribution in [3.63, 3.8) is 0 Å². The lowest BCUT2D eigenvalue weighted by atomic mass is 10.1. The van der Waals surface area contributed by atoms with E-state index in [4.69, 9.17) is 4.74 Å². The number of esters is 1. The van der Waals surface area contributed by atoms with Gasteiger partial charge in [-0.1, -0.05) is 30.3 Å². The minimum atomic E-state index is -0.175. The molecule has 1 aromatic carbocycles. The van der Waals surface area contributed by atoms with Gasteiger partial charge in [0.1, 0.15) is 0 Å². The average Bonchev–Trinajstić information content (AvgIpc) is 2.81. The van der Waals surface area contributed by atoms with E-state index in [1.54, 1.807) is 6.07 Å². The number of ether oxygens (including phenoxy) is 1. The van der Waals surface area contributed by atoms with Crippen molar-refractivity contribution in [1.82, 2.24) is 0 Å². The van der Waals surface area contributed by atoms with E-state index in [9.17, 15) is 4.79 Å². The van der Waals surface area contributed by atoms with Gasteiger partial charge in [0.2, 0.25) is 0 Å². The van der Waals surface area contributed by atoms with Crippen LogP contribution in [0.2, 0.25) is 0 Å². The first kappa shape index (κ1) is 10.9. The smallest absolute Gasteiger partial charge is 0.312 e. The standard InChI is InChI=1S/C13H12O2S/c14-12(15-13-7-4-10-16-13)9-8-11-5-2-1-3-6-11/h1-7,10H,8-9H2. The zero-order chi connectivity index (χ0) is 11.2. The predicted octanol–water partition coefficient (Wildman–Crippen LogP) is 3.29. The van der Waals surface area contributed by atoms with Crippen molar-refractivity contribution in [3.8, 4) is 5.06 Å². The summed E-state index contributed by atoms with van der Waals surface area (Å²) in [6.07, 6.45) is 1.15. The molecule has 0 saturated heterocycles. The molecule has 2 nitrogen and oxygen atoms in total. The average molecular weight is 232 g/mol. The molecule has 0 unspecified atom stereocenters. The van der Waals surface area contributed by atoms with E-state index in [0.29, 0.717) is 11.5 Å². The van der Waals surface area contributed by atoms with Gasteiger partial charge in [-0.3, -0.25) is 4.79 Å². The van der Waals surface area contributed by atoms with E-state index in [1.165, 1.54) is 11.3 Å². The van der Waals surface area contributed by atoms with Crippen molar-refractivity contribution >= 4 is 17.3 Å². The summed E-state index contributed by atoms with van der Waals surface area (Å²) in [5.74, 6) is -0.175. The summed E-state index contributed by atoms with van der Waals surface area (Å²) in [5.41, 5.74) is 1.16. The highest BCUT2D eigenvalue weighted by Gasteiger charge is 2.05. The second-order valence-corrected chi connectivity index (χ2v) is 4.30. The van der Waals surface area contributed by atoms with Gasteiger partial charge in [0, 0.05) is 0 Å². The number of carbonyl (C=O) groups is 1. The third-order valence-electron chi connectivity index (χ3n) is 2.17. The number of rotatable bonds is 4. The molecule has 0 aliphatic heterocycles. The molecule has 1 heterocycles. The Bertz CT molecular complexity index is 434. The molecule has 1 aromatic heterocycles. The maximum Gasteiger partial charge on any atom is 0.312 e. The number of thiophene rings is 1. The molecule has 0 saturated carbocycles. The van der Waals surface area contributed by atoms with Gasteiger partial charge in [0.05, 0.1) is 6.42 Å². The molecule has 82 valence electrons. The molecule has 3 heteroatoms. The van der Waals surface area contributed by atoms with E-state index in [1.807, 2.05) is 41.8 Å². The summed E-state index contributed by atoms with van der Waals surface area (Å²) < 4.78 is 5.16. The van der Waals surface area contributed by atoms with E-state index in [-0.39, 0.29) is 5.97 Å². The van der Waals surface area contributed by atoms with Crippen LogP contribution in [-0.2, 0) is 11.2 Å². The second kappa shape index (κ2) is 5.47. The first-order chi connectivity index (χ1) is 7.84. The van der Waals surface area contributed by atoms with Crippen molar-refractivity contribution in [2.24, 2.45) is 0 Å². The van der Waals surface area contributed by atoms with Gasteiger partial charge < -0.3 is 4.74 Å². The Kier molecular flexibility index (Phi) is 3.72. The van der Waals surface area contributed by atoms with Gasteiger partial charge in [0.15, 0.2) is 5.06 Å². The molecule has 0 radical (unpaired) electrons. The predicted molar refractivity (Wildman–Crippen MR) is 64.7 cm³/mol. The number of hydrogen-bond acceptors (Lipinski definition) is 3. The Morgan fingerprint density at radius 1 is 1.12 bits per heavy atom. The highest BCUT2D eigenvalue weighted by atomic mass is 32.1. The van der Waals surface area contributed by atoms with Crippen LogP contribution in [-0.4, -0.2) is 5.97 Å². The van der Waals surface area contributed by atoms with Crippen LogP contribution in [0, 0.1) is 0 Å². The summed E-state index contributed by atoms with van der Waals surface area (Å²) in [6, 6.07) is 13.6. The summed E-state index contributed by atoms with van der Waals surface area (Å²) in [4.78, 5) is 11.5. The molecule has 16 heavy (non-hydrogen) atoms. The molecule has 0 spiro atoms. The molecule has 0 fully saturated rings. The maximum absolute atomic E-state index is 11.5. The van der Waals surface area contributed by atoms with Gasteiger partial charge in [-0.25, -0.2) is 0 Å². The van der Waals surface area contributed by atoms with Crippen molar-refractivity contribution in [1.29, 1.82) is 0 Å². The second-order valence-electron chi connectivity index (χ2n) is 3.39. The molecule has 0 aliphatic rings. The van der Waals surface area contributed by atoms with Crippen molar-refractivity contribution in [2.75, 3.05) is 0 Å².